The van der Waals surface area contributed by atoms with Gasteiger partial charge in [0, 0.05) is 44.3 Å². The van der Waals surface area contributed by atoms with Crippen molar-refractivity contribution >= 4 is 71.6 Å². The molecule has 0 aliphatic heterocycles. The Hall–Kier alpha value is -7.36. The lowest BCUT2D eigenvalue weighted by Gasteiger charge is -2.26. The van der Waals surface area contributed by atoms with E-state index in [4.69, 9.17) is 4.42 Å². The topological polar surface area (TPSA) is 21.3 Å². The van der Waals surface area contributed by atoms with E-state index in [1.807, 2.05) is 0 Å². The predicted octanol–water partition coefficient (Wildman–Crippen LogP) is 14.6. The van der Waals surface area contributed by atoms with Gasteiger partial charge < -0.3 is 13.9 Å². The van der Waals surface area contributed by atoms with Gasteiger partial charge in [-0.2, -0.15) is 0 Å². The Morgan fingerprint density at radius 2 is 0.836 bits per heavy atom. The SMILES string of the molecule is c1ccc(-c2ccc(-c3ccc(N(c4ccc5oc6cc7ccccc7cc6c5c4)c4ccc5c(c4)c4ccccc4n5-c4ccccc4)cc3)cc2)cc1. The molecule has 55 heavy (non-hydrogen) atoms. The summed E-state index contributed by atoms with van der Waals surface area (Å²) in [4.78, 5) is 2.37. The summed E-state index contributed by atoms with van der Waals surface area (Å²) in [7, 11) is 0. The van der Waals surface area contributed by atoms with Crippen molar-refractivity contribution in [3.63, 3.8) is 0 Å². The Labute approximate surface area is 318 Å². The molecule has 0 radical (unpaired) electrons. The maximum Gasteiger partial charge on any atom is 0.136 e. The molecule has 9 aromatic carbocycles. The molecule has 2 heterocycles. The van der Waals surface area contributed by atoms with Gasteiger partial charge in [0.05, 0.1) is 11.0 Å². The highest BCUT2D eigenvalue weighted by Gasteiger charge is 2.19. The average Bonchev–Trinajstić information content (AvgIpc) is 3.78. The molecule has 0 saturated heterocycles. The number of hydrogen-bond acceptors (Lipinski definition) is 2. The van der Waals surface area contributed by atoms with Gasteiger partial charge in [0.15, 0.2) is 0 Å². The zero-order valence-corrected chi connectivity index (χ0v) is 29.9. The molecule has 0 N–H and O–H groups in total. The van der Waals surface area contributed by atoms with E-state index in [0.29, 0.717) is 0 Å². The van der Waals surface area contributed by atoms with E-state index in [2.05, 4.69) is 216 Å². The van der Waals surface area contributed by atoms with E-state index in [0.717, 1.165) is 44.7 Å². The molecule has 0 aliphatic rings. The van der Waals surface area contributed by atoms with E-state index in [1.54, 1.807) is 0 Å². The maximum absolute atomic E-state index is 6.44. The van der Waals surface area contributed by atoms with Crippen LogP contribution < -0.4 is 4.90 Å². The number of para-hydroxylation sites is 2. The van der Waals surface area contributed by atoms with Crippen LogP contribution in [0.4, 0.5) is 17.1 Å². The first-order valence-corrected chi connectivity index (χ1v) is 18.7. The molecule has 3 nitrogen and oxygen atoms in total. The number of rotatable bonds is 6. The second-order valence-corrected chi connectivity index (χ2v) is 14.2. The first-order valence-electron chi connectivity index (χ1n) is 18.7. The van der Waals surface area contributed by atoms with Crippen molar-refractivity contribution in [2.24, 2.45) is 0 Å². The normalized spacial score (nSPS) is 11.6. The lowest BCUT2D eigenvalue weighted by atomic mass is 10.00. The summed E-state index contributed by atoms with van der Waals surface area (Å²) < 4.78 is 8.80. The van der Waals surface area contributed by atoms with E-state index in [1.165, 1.54) is 54.8 Å². The van der Waals surface area contributed by atoms with Gasteiger partial charge in [-0.3, -0.25) is 0 Å². The van der Waals surface area contributed by atoms with Crippen LogP contribution in [-0.2, 0) is 0 Å². The Balaban J connectivity index is 1.07. The van der Waals surface area contributed by atoms with Crippen LogP contribution in [0.25, 0.3) is 82.5 Å². The predicted molar refractivity (Wildman–Crippen MR) is 231 cm³/mol. The molecule has 0 aliphatic carbocycles. The van der Waals surface area contributed by atoms with Crippen LogP contribution in [0, 0.1) is 0 Å². The summed E-state index contributed by atoms with van der Waals surface area (Å²) in [6.45, 7) is 0. The number of fused-ring (bicyclic) bond motifs is 7. The van der Waals surface area contributed by atoms with Crippen molar-refractivity contribution in [2.75, 3.05) is 4.90 Å². The molecule has 0 fully saturated rings. The number of benzene rings is 9. The Kier molecular flexibility index (Phi) is 7.17. The van der Waals surface area contributed by atoms with Crippen molar-refractivity contribution in [1.29, 1.82) is 0 Å². The Morgan fingerprint density at radius 3 is 1.56 bits per heavy atom. The average molecular weight is 703 g/mol. The monoisotopic (exact) mass is 702 g/mol. The fourth-order valence-corrected chi connectivity index (χ4v) is 8.28. The van der Waals surface area contributed by atoms with Gasteiger partial charge in [-0.25, -0.2) is 0 Å². The minimum atomic E-state index is 0.879. The molecule has 0 atom stereocenters. The number of aromatic nitrogens is 1. The van der Waals surface area contributed by atoms with Gasteiger partial charge in [0.2, 0.25) is 0 Å². The molecule has 11 rings (SSSR count). The Morgan fingerprint density at radius 1 is 0.327 bits per heavy atom. The zero-order chi connectivity index (χ0) is 36.3. The standard InChI is InChI=1S/C52H34N2O/c1-3-11-35(12-4-1)36-19-21-37(22-20-36)38-23-25-42(26-24-38)53(44-28-30-51-48(34-44)47-31-39-13-7-8-14-40(39)32-52(47)55-51)43-27-29-50-46(33-43)45-17-9-10-18-49(45)54(50)41-15-5-2-6-16-41/h1-34H. The third-order valence-corrected chi connectivity index (χ3v) is 11.0. The number of anilines is 3. The minimum Gasteiger partial charge on any atom is -0.456 e. The third kappa shape index (κ3) is 5.28. The summed E-state index contributed by atoms with van der Waals surface area (Å²) in [6.07, 6.45) is 0. The maximum atomic E-state index is 6.44. The summed E-state index contributed by atoms with van der Waals surface area (Å²) in [5.74, 6) is 0. The van der Waals surface area contributed by atoms with Crippen LogP contribution in [0.1, 0.15) is 0 Å². The largest absolute Gasteiger partial charge is 0.456 e. The highest BCUT2D eigenvalue weighted by molar-refractivity contribution is 6.12. The molecular weight excluding hydrogens is 669 g/mol. The Bertz CT molecular complexity index is 3180. The fraction of sp³-hybridized carbons (Fsp3) is 0. The van der Waals surface area contributed by atoms with E-state index >= 15 is 0 Å². The number of furan rings is 1. The first kappa shape index (κ1) is 31.2. The molecule has 11 aromatic rings. The van der Waals surface area contributed by atoms with Crippen molar-refractivity contribution in [1.82, 2.24) is 4.57 Å². The zero-order valence-electron chi connectivity index (χ0n) is 29.9. The number of nitrogens with zero attached hydrogens (tertiary/aromatic N) is 2. The van der Waals surface area contributed by atoms with Gasteiger partial charge in [-0.05, 0) is 112 Å². The summed E-state index contributed by atoms with van der Waals surface area (Å²) in [5, 5.41) is 7.02. The van der Waals surface area contributed by atoms with Crippen LogP contribution in [0.5, 0.6) is 0 Å². The molecule has 3 heteroatoms. The second-order valence-electron chi connectivity index (χ2n) is 14.2. The quantitative estimate of drug-likeness (QED) is 0.172. The van der Waals surface area contributed by atoms with Crippen molar-refractivity contribution in [3.8, 4) is 27.9 Å². The molecule has 258 valence electrons. The van der Waals surface area contributed by atoms with Crippen LogP contribution in [0.15, 0.2) is 211 Å². The van der Waals surface area contributed by atoms with Crippen LogP contribution >= 0.6 is 0 Å². The van der Waals surface area contributed by atoms with Gasteiger partial charge >= 0.3 is 0 Å². The van der Waals surface area contributed by atoms with Crippen molar-refractivity contribution in [3.05, 3.63) is 206 Å². The summed E-state index contributed by atoms with van der Waals surface area (Å²) in [6, 6.07) is 74.0. The summed E-state index contributed by atoms with van der Waals surface area (Å²) in [5.41, 5.74) is 13.3. The van der Waals surface area contributed by atoms with E-state index in [-0.39, 0.29) is 0 Å². The fourth-order valence-electron chi connectivity index (χ4n) is 8.28. The smallest absolute Gasteiger partial charge is 0.136 e. The molecule has 0 spiro atoms. The molecule has 0 unspecified atom stereocenters. The van der Waals surface area contributed by atoms with Crippen molar-refractivity contribution in [2.45, 2.75) is 0 Å². The third-order valence-electron chi connectivity index (χ3n) is 11.0. The van der Waals surface area contributed by atoms with Gasteiger partial charge in [-0.15, -0.1) is 0 Å². The minimum absolute atomic E-state index is 0.879. The van der Waals surface area contributed by atoms with E-state index < -0.39 is 0 Å². The van der Waals surface area contributed by atoms with E-state index in [9.17, 15) is 0 Å². The molecular formula is C52H34N2O. The second kappa shape index (κ2) is 12.6. The van der Waals surface area contributed by atoms with Crippen molar-refractivity contribution < 1.29 is 4.42 Å². The van der Waals surface area contributed by atoms with Crippen LogP contribution in [0.3, 0.4) is 0 Å². The van der Waals surface area contributed by atoms with Crippen LogP contribution in [0.2, 0.25) is 0 Å². The molecule has 0 amide bonds. The first-order chi connectivity index (χ1) is 27.2. The van der Waals surface area contributed by atoms with Gasteiger partial charge in [-0.1, -0.05) is 127 Å². The van der Waals surface area contributed by atoms with Crippen LogP contribution in [-0.4, -0.2) is 4.57 Å². The lowest BCUT2D eigenvalue weighted by molar-refractivity contribution is 0.669. The molecule has 2 aromatic heterocycles. The number of hydrogen-bond donors (Lipinski definition) is 0. The lowest BCUT2D eigenvalue weighted by Crippen LogP contribution is -2.09. The summed E-state index contributed by atoms with van der Waals surface area (Å²) >= 11 is 0. The highest BCUT2D eigenvalue weighted by Crippen LogP contribution is 2.42. The molecule has 0 saturated carbocycles. The molecule has 0 bridgehead atoms. The van der Waals surface area contributed by atoms with Gasteiger partial charge in [0.25, 0.3) is 0 Å². The highest BCUT2D eigenvalue weighted by atomic mass is 16.3. The van der Waals surface area contributed by atoms with Gasteiger partial charge in [0.1, 0.15) is 11.2 Å².